The van der Waals surface area contributed by atoms with Crippen molar-refractivity contribution in [3.8, 4) is 0 Å². The smallest absolute Gasteiger partial charge is 0.223 e. The largest absolute Gasteiger partial charge is 0.354 e. The van der Waals surface area contributed by atoms with Gasteiger partial charge in [-0.15, -0.1) is 0 Å². The van der Waals surface area contributed by atoms with E-state index in [1.165, 1.54) is 12.8 Å². The Morgan fingerprint density at radius 2 is 1.92 bits per heavy atom. The molecular weight excluding hydrogens is 162 g/mol. The van der Waals surface area contributed by atoms with Crippen LogP contribution in [0.3, 0.4) is 0 Å². The predicted octanol–water partition coefficient (Wildman–Crippen LogP) is 1.92. The first-order valence-electron chi connectivity index (χ1n) is 4.80. The maximum atomic E-state index is 4.31. The number of aromatic nitrogens is 2. The van der Waals surface area contributed by atoms with Crippen molar-refractivity contribution in [3.05, 3.63) is 17.5 Å². The summed E-state index contributed by atoms with van der Waals surface area (Å²) in [6.45, 7) is 5.02. The van der Waals surface area contributed by atoms with Gasteiger partial charge in [-0.05, 0) is 38.7 Å². The molecular formula is C10H15N3. The second-order valence-corrected chi connectivity index (χ2v) is 3.80. The molecule has 0 atom stereocenters. The van der Waals surface area contributed by atoms with Gasteiger partial charge in [0.05, 0.1) is 0 Å². The number of hydrogen-bond acceptors (Lipinski definition) is 3. The normalized spacial score (nSPS) is 15.8. The predicted molar refractivity (Wildman–Crippen MR) is 52.7 cm³/mol. The van der Waals surface area contributed by atoms with Crippen LogP contribution in [0.25, 0.3) is 0 Å². The van der Waals surface area contributed by atoms with Gasteiger partial charge in [0.15, 0.2) is 0 Å². The van der Waals surface area contributed by atoms with Crippen LogP contribution in [0.2, 0.25) is 0 Å². The lowest BCUT2D eigenvalue weighted by atomic mass is 10.3. The molecule has 1 aliphatic carbocycles. The fourth-order valence-corrected chi connectivity index (χ4v) is 1.36. The van der Waals surface area contributed by atoms with Gasteiger partial charge in [-0.3, -0.25) is 0 Å². The third-order valence-electron chi connectivity index (χ3n) is 2.23. The van der Waals surface area contributed by atoms with E-state index in [0.29, 0.717) is 0 Å². The zero-order valence-corrected chi connectivity index (χ0v) is 8.17. The highest BCUT2D eigenvalue weighted by molar-refractivity contribution is 5.27. The molecule has 0 bridgehead atoms. The van der Waals surface area contributed by atoms with Crippen LogP contribution in [0.5, 0.6) is 0 Å². The van der Waals surface area contributed by atoms with Crippen molar-refractivity contribution in [1.29, 1.82) is 0 Å². The molecule has 1 heterocycles. The van der Waals surface area contributed by atoms with Gasteiger partial charge < -0.3 is 5.32 Å². The Kier molecular flexibility index (Phi) is 2.17. The Bertz CT molecular complexity index is 285. The number of nitrogens with one attached hydrogen (secondary N) is 1. The van der Waals surface area contributed by atoms with Crippen LogP contribution in [-0.2, 0) is 0 Å². The van der Waals surface area contributed by atoms with Crippen LogP contribution in [0.4, 0.5) is 5.95 Å². The molecule has 13 heavy (non-hydrogen) atoms. The number of aryl methyl sites for hydroxylation is 2. The molecule has 1 fully saturated rings. The second kappa shape index (κ2) is 3.32. The summed E-state index contributed by atoms with van der Waals surface area (Å²) < 4.78 is 0. The maximum Gasteiger partial charge on any atom is 0.223 e. The van der Waals surface area contributed by atoms with Gasteiger partial charge in [-0.25, -0.2) is 9.97 Å². The van der Waals surface area contributed by atoms with Crippen molar-refractivity contribution in [3.63, 3.8) is 0 Å². The van der Waals surface area contributed by atoms with Crippen molar-refractivity contribution in [1.82, 2.24) is 9.97 Å². The summed E-state index contributed by atoms with van der Waals surface area (Å²) in [5, 5.41) is 3.27. The number of nitrogens with zero attached hydrogens (tertiary/aromatic N) is 2. The Balaban J connectivity index is 2.01. The summed E-state index contributed by atoms with van der Waals surface area (Å²) in [7, 11) is 0. The van der Waals surface area contributed by atoms with Crippen LogP contribution in [0.15, 0.2) is 6.07 Å². The molecule has 3 heteroatoms. The second-order valence-electron chi connectivity index (χ2n) is 3.80. The molecule has 70 valence electrons. The highest BCUT2D eigenvalue weighted by atomic mass is 15.1. The first-order chi connectivity index (χ1) is 6.24. The van der Waals surface area contributed by atoms with E-state index in [1.54, 1.807) is 0 Å². The molecule has 0 aliphatic heterocycles. The minimum absolute atomic E-state index is 0.782. The SMILES string of the molecule is Cc1cc(C)nc(NCC2CC2)n1. The Morgan fingerprint density at radius 1 is 1.31 bits per heavy atom. The van der Waals surface area contributed by atoms with E-state index in [0.717, 1.165) is 29.8 Å². The molecule has 2 rings (SSSR count). The lowest BCUT2D eigenvalue weighted by molar-refractivity contribution is 0.868. The van der Waals surface area contributed by atoms with E-state index in [4.69, 9.17) is 0 Å². The number of anilines is 1. The Labute approximate surface area is 78.6 Å². The molecule has 1 aromatic heterocycles. The van der Waals surface area contributed by atoms with Gasteiger partial charge in [0.1, 0.15) is 0 Å². The zero-order valence-electron chi connectivity index (χ0n) is 8.17. The summed E-state index contributed by atoms with van der Waals surface area (Å²) in [5.74, 6) is 1.65. The molecule has 0 amide bonds. The summed E-state index contributed by atoms with van der Waals surface area (Å²) in [5.41, 5.74) is 2.07. The van der Waals surface area contributed by atoms with Crippen LogP contribution in [-0.4, -0.2) is 16.5 Å². The highest BCUT2D eigenvalue weighted by Gasteiger charge is 2.20. The van der Waals surface area contributed by atoms with Crippen LogP contribution in [0, 0.1) is 19.8 Å². The molecule has 1 saturated carbocycles. The monoisotopic (exact) mass is 177 g/mol. The average molecular weight is 177 g/mol. The van der Waals surface area contributed by atoms with Crippen molar-refractivity contribution in [2.75, 3.05) is 11.9 Å². The van der Waals surface area contributed by atoms with E-state index in [9.17, 15) is 0 Å². The molecule has 0 unspecified atom stereocenters. The standard InChI is InChI=1S/C10H15N3/c1-7-5-8(2)13-10(12-7)11-6-9-3-4-9/h5,9H,3-4,6H2,1-2H3,(H,11,12,13). The Hall–Kier alpha value is -1.12. The van der Waals surface area contributed by atoms with Crippen molar-refractivity contribution in [2.24, 2.45) is 5.92 Å². The summed E-state index contributed by atoms with van der Waals surface area (Å²) in [6.07, 6.45) is 2.72. The van der Waals surface area contributed by atoms with E-state index >= 15 is 0 Å². The summed E-state index contributed by atoms with van der Waals surface area (Å²) in [6, 6.07) is 1.99. The lowest BCUT2D eigenvalue weighted by Gasteiger charge is -2.04. The van der Waals surface area contributed by atoms with E-state index < -0.39 is 0 Å². The van der Waals surface area contributed by atoms with Gasteiger partial charge in [-0.1, -0.05) is 0 Å². The lowest BCUT2D eigenvalue weighted by Crippen LogP contribution is -2.07. The Morgan fingerprint density at radius 3 is 2.46 bits per heavy atom. The third-order valence-corrected chi connectivity index (χ3v) is 2.23. The van der Waals surface area contributed by atoms with E-state index in [2.05, 4.69) is 15.3 Å². The van der Waals surface area contributed by atoms with Crippen LogP contribution in [0.1, 0.15) is 24.2 Å². The summed E-state index contributed by atoms with van der Waals surface area (Å²) in [4.78, 5) is 8.62. The van der Waals surface area contributed by atoms with Gasteiger partial charge in [-0.2, -0.15) is 0 Å². The quantitative estimate of drug-likeness (QED) is 0.766. The fourth-order valence-electron chi connectivity index (χ4n) is 1.36. The highest BCUT2D eigenvalue weighted by Crippen LogP contribution is 2.28. The zero-order chi connectivity index (χ0) is 9.26. The first-order valence-corrected chi connectivity index (χ1v) is 4.80. The first kappa shape index (κ1) is 8.48. The molecule has 3 nitrogen and oxygen atoms in total. The van der Waals surface area contributed by atoms with E-state index in [-0.39, 0.29) is 0 Å². The topological polar surface area (TPSA) is 37.8 Å². The van der Waals surface area contributed by atoms with Crippen molar-refractivity contribution in [2.45, 2.75) is 26.7 Å². The van der Waals surface area contributed by atoms with Gasteiger partial charge in [0.2, 0.25) is 5.95 Å². The number of rotatable bonds is 3. The molecule has 0 spiro atoms. The van der Waals surface area contributed by atoms with E-state index in [1.807, 2.05) is 19.9 Å². The van der Waals surface area contributed by atoms with Crippen LogP contribution >= 0.6 is 0 Å². The molecule has 1 aromatic rings. The average Bonchev–Trinajstić information content (AvgIpc) is 2.81. The van der Waals surface area contributed by atoms with Crippen LogP contribution < -0.4 is 5.32 Å². The van der Waals surface area contributed by atoms with Gasteiger partial charge >= 0.3 is 0 Å². The van der Waals surface area contributed by atoms with Gasteiger partial charge in [0.25, 0.3) is 0 Å². The van der Waals surface area contributed by atoms with Crippen molar-refractivity contribution < 1.29 is 0 Å². The minimum atomic E-state index is 0.782. The maximum absolute atomic E-state index is 4.31. The summed E-state index contributed by atoms with van der Waals surface area (Å²) >= 11 is 0. The molecule has 0 aromatic carbocycles. The van der Waals surface area contributed by atoms with Crippen molar-refractivity contribution >= 4 is 5.95 Å². The molecule has 1 aliphatic rings. The van der Waals surface area contributed by atoms with Gasteiger partial charge in [0, 0.05) is 17.9 Å². The number of hydrogen-bond donors (Lipinski definition) is 1. The minimum Gasteiger partial charge on any atom is -0.354 e. The fraction of sp³-hybridized carbons (Fsp3) is 0.600. The molecule has 0 saturated heterocycles. The third kappa shape index (κ3) is 2.41. The molecule has 1 N–H and O–H groups in total. The molecule has 0 radical (unpaired) electrons.